The highest BCUT2D eigenvalue weighted by molar-refractivity contribution is 5.87. The summed E-state index contributed by atoms with van der Waals surface area (Å²) < 4.78 is 0. The number of nitrogens with zero attached hydrogens (tertiary/aromatic N) is 2. The summed E-state index contributed by atoms with van der Waals surface area (Å²) in [5.74, 6) is 0.593. The fraction of sp³-hybridized carbons (Fsp3) is 0.524. The highest BCUT2D eigenvalue weighted by Crippen LogP contribution is 2.42. The highest BCUT2D eigenvalue weighted by atomic mass is 16.2. The summed E-state index contributed by atoms with van der Waals surface area (Å²) in [6.07, 6.45) is 7.61. The van der Waals surface area contributed by atoms with Crippen LogP contribution in [0.2, 0.25) is 0 Å². The van der Waals surface area contributed by atoms with Crippen molar-refractivity contribution in [3.63, 3.8) is 0 Å². The minimum atomic E-state index is -0.328. The van der Waals surface area contributed by atoms with Crippen molar-refractivity contribution < 1.29 is 9.59 Å². The Morgan fingerprint density at radius 1 is 1.20 bits per heavy atom. The van der Waals surface area contributed by atoms with Crippen LogP contribution in [-0.4, -0.2) is 41.2 Å². The van der Waals surface area contributed by atoms with Crippen LogP contribution in [0.4, 0.5) is 0 Å². The van der Waals surface area contributed by atoms with E-state index in [1.54, 1.807) is 0 Å². The number of benzene rings is 1. The standard InChI is InChI=1S/C21H26N2O2/c1-16-5-4-6-17(13-16)14-22-11-9-21(20(22)25)10-12-23(15-21)19(24)18-7-2-3-8-18/h2-6,13,18H,7-12,14-15H2,1H3. The molecule has 3 aliphatic rings. The number of carbonyl (C=O) groups is 2. The topological polar surface area (TPSA) is 40.6 Å². The summed E-state index contributed by atoms with van der Waals surface area (Å²) >= 11 is 0. The molecule has 2 saturated heterocycles. The molecule has 0 N–H and O–H groups in total. The molecule has 0 saturated carbocycles. The maximum atomic E-state index is 13.1. The molecule has 2 aliphatic heterocycles. The molecule has 2 fully saturated rings. The van der Waals surface area contributed by atoms with Gasteiger partial charge in [-0.2, -0.15) is 0 Å². The third kappa shape index (κ3) is 2.99. The van der Waals surface area contributed by atoms with Crippen LogP contribution in [-0.2, 0) is 16.1 Å². The summed E-state index contributed by atoms with van der Waals surface area (Å²) in [4.78, 5) is 29.7. The van der Waals surface area contributed by atoms with Gasteiger partial charge in [0.25, 0.3) is 0 Å². The molecule has 0 radical (unpaired) electrons. The summed E-state index contributed by atoms with van der Waals surface area (Å²) in [5.41, 5.74) is 2.08. The lowest BCUT2D eigenvalue weighted by atomic mass is 9.85. The lowest BCUT2D eigenvalue weighted by Crippen LogP contribution is -2.39. The van der Waals surface area contributed by atoms with E-state index in [0.717, 1.165) is 38.8 Å². The minimum Gasteiger partial charge on any atom is -0.341 e. The van der Waals surface area contributed by atoms with Crippen molar-refractivity contribution in [3.8, 4) is 0 Å². The van der Waals surface area contributed by atoms with Gasteiger partial charge in [0.15, 0.2) is 0 Å². The molecule has 0 bridgehead atoms. The maximum absolute atomic E-state index is 13.1. The summed E-state index contributed by atoms with van der Waals surface area (Å²) in [6.45, 7) is 4.92. The Labute approximate surface area is 149 Å². The van der Waals surface area contributed by atoms with Crippen molar-refractivity contribution in [2.24, 2.45) is 11.3 Å². The van der Waals surface area contributed by atoms with Gasteiger partial charge in [0, 0.05) is 32.1 Å². The molecule has 132 valence electrons. The number of rotatable bonds is 3. The average molecular weight is 338 g/mol. The summed E-state index contributed by atoms with van der Waals surface area (Å²) in [5, 5.41) is 0. The fourth-order valence-electron chi connectivity index (χ4n) is 4.59. The zero-order valence-corrected chi connectivity index (χ0v) is 14.9. The van der Waals surface area contributed by atoms with Crippen molar-refractivity contribution in [2.45, 2.75) is 39.2 Å². The van der Waals surface area contributed by atoms with E-state index in [1.807, 2.05) is 15.9 Å². The van der Waals surface area contributed by atoms with Crippen molar-refractivity contribution in [1.82, 2.24) is 9.80 Å². The van der Waals surface area contributed by atoms with E-state index < -0.39 is 0 Å². The number of hydrogen-bond acceptors (Lipinski definition) is 2. The van der Waals surface area contributed by atoms with E-state index in [2.05, 4.69) is 37.3 Å². The van der Waals surface area contributed by atoms with Gasteiger partial charge in [-0.1, -0.05) is 42.0 Å². The van der Waals surface area contributed by atoms with Gasteiger partial charge in [-0.3, -0.25) is 9.59 Å². The molecule has 1 atom stereocenters. The van der Waals surface area contributed by atoms with E-state index >= 15 is 0 Å². The molecule has 2 amide bonds. The molecule has 1 aromatic rings. The van der Waals surface area contributed by atoms with Crippen molar-refractivity contribution in [2.75, 3.05) is 19.6 Å². The predicted molar refractivity (Wildman–Crippen MR) is 96.7 cm³/mol. The van der Waals surface area contributed by atoms with Gasteiger partial charge in [0.1, 0.15) is 0 Å². The quantitative estimate of drug-likeness (QED) is 0.795. The molecule has 4 rings (SSSR count). The van der Waals surface area contributed by atoms with Gasteiger partial charge in [0.2, 0.25) is 11.8 Å². The van der Waals surface area contributed by atoms with E-state index in [1.165, 1.54) is 11.1 Å². The number of likely N-dealkylation sites (tertiary alicyclic amines) is 2. The maximum Gasteiger partial charge on any atom is 0.231 e. The van der Waals surface area contributed by atoms with Crippen LogP contribution in [0, 0.1) is 18.3 Å². The molecule has 0 aromatic heterocycles. The van der Waals surface area contributed by atoms with Crippen LogP contribution in [0.25, 0.3) is 0 Å². The predicted octanol–water partition coefficient (Wildman–Crippen LogP) is 2.91. The Bertz CT molecular complexity index is 718. The van der Waals surface area contributed by atoms with Crippen molar-refractivity contribution in [3.05, 3.63) is 47.5 Å². The van der Waals surface area contributed by atoms with Gasteiger partial charge in [-0.25, -0.2) is 0 Å². The first-order valence-corrected chi connectivity index (χ1v) is 9.36. The number of amides is 2. The Morgan fingerprint density at radius 2 is 1.96 bits per heavy atom. The second-order valence-corrected chi connectivity index (χ2v) is 7.90. The molecule has 4 nitrogen and oxygen atoms in total. The second kappa shape index (κ2) is 6.32. The summed E-state index contributed by atoms with van der Waals surface area (Å²) in [6, 6.07) is 8.36. The molecule has 1 spiro atoms. The fourth-order valence-corrected chi connectivity index (χ4v) is 4.59. The zero-order chi connectivity index (χ0) is 17.4. The highest BCUT2D eigenvalue weighted by Gasteiger charge is 2.51. The van der Waals surface area contributed by atoms with Gasteiger partial charge in [0.05, 0.1) is 5.41 Å². The van der Waals surface area contributed by atoms with Crippen molar-refractivity contribution >= 4 is 11.8 Å². The number of allylic oxidation sites excluding steroid dienone is 2. The minimum absolute atomic E-state index is 0.107. The second-order valence-electron chi connectivity index (χ2n) is 7.90. The average Bonchev–Trinajstić information content (AvgIpc) is 3.33. The van der Waals surface area contributed by atoms with Gasteiger partial charge in [-0.05, 0) is 38.2 Å². The molecule has 1 unspecified atom stereocenters. The van der Waals surface area contributed by atoms with Crippen molar-refractivity contribution in [1.29, 1.82) is 0 Å². The Kier molecular flexibility index (Phi) is 4.14. The first-order valence-electron chi connectivity index (χ1n) is 9.36. The van der Waals surface area contributed by atoms with Crippen LogP contribution in [0.1, 0.15) is 36.8 Å². The Balaban J connectivity index is 1.42. The third-order valence-electron chi connectivity index (χ3n) is 6.08. The first kappa shape index (κ1) is 16.4. The number of hydrogen-bond donors (Lipinski definition) is 0. The van der Waals surface area contributed by atoms with Crippen LogP contribution in [0.5, 0.6) is 0 Å². The van der Waals surface area contributed by atoms with Crippen LogP contribution < -0.4 is 0 Å². The summed E-state index contributed by atoms with van der Waals surface area (Å²) in [7, 11) is 0. The zero-order valence-electron chi connectivity index (χ0n) is 14.9. The van der Waals surface area contributed by atoms with E-state index in [-0.39, 0.29) is 23.1 Å². The van der Waals surface area contributed by atoms with Gasteiger partial charge in [-0.15, -0.1) is 0 Å². The largest absolute Gasteiger partial charge is 0.341 e. The lowest BCUT2D eigenvalue weighted by Gasteiger charge is -2.25. The van der Waals surface area contributed by atoms with Crippen LogP contribution >= 0.6 is 0 Å². The number of aryl methyl sites for hydroxylation is 1. The molecular weight excluding hydrogens is 312 g/mol. The van der Waals surface area contributed by atoms with Crippen LogP contribution in [0.15, 0.2) is 36.4 Å². The van der Waals surface area contributed by atoms with E-state index in [4.69, 9.17) is 0 Å². The monoisotopic (exact) mass is 338 g/mol. The number of carbonyl (C=O) groups excluding carboxylic acids is 2. The van der Waals surface area contributed by atoms with E-state index in [9.17, 15) is 9.59 Å². The molecule has 25 heavy (non-hydrogen) atoms. The Hall–Kier alpha value is -2.10. The normalized spacial score (nSPS) is 26.4. The molecule has 4 heteroatoms. The SMILES string of the molecule is Cc1cccc(CN2CCC3(CCN(C(=O)C4CC=CC4)C3)C2=O)c1. The molecule has 1 aromatic carbocycles. The smallest absolute Gasteiger partial charge is 0.231 e. The lowest BCUT2D eigenvalue weighted by molar-refractivity contribution is -0.138. The van der Waals surface area contributed by atoms with Crippen LogP contribution in [0.3, 0.4) is 0 Å². The Morgan fingerprint density at radius 3 is 2.72 bits per heavy atom. The van der Waals surface area contributed by atoms with Gasteiger partial charge < -0.3 is 9.80 Å². The molecular formula is C21H26N2O2. The third-order valence-corrected chi connectivity index (χ3v) is 6.08. The molecule has 2 heterocycles. The van der Waals surface area contributed by atoms with E-state index in [0.29, 0.717) is 13.1 Å². The van der Waals surface area contributed by atoms with Gasteiger partial charge >= 0.3 is 0 Å². The molecule has 1 aliphatic carbocycles. The first-order chi connectivity index (χ1) is 12.1.